The van der Waals surface area contributed by atoms with Crippen molar-refractivity contribution in [3.63, 3.8) is 0 Å². The second-order valence-corrected chi connectivity index (χ2v) is 6.14. The van der Waals surface area contributed by atoms with Crippen LogP contribution in [0.5, 0.6) is 0 Å². The lowest BCUT2D eigenvalue weighted by atomic mass is 10.2. The highest BCUT2D eigenvalue weighted by Gasteiger charge is 2.18. The van der Waals surface area contributed by atoms with Crippen LogP contribution in [0.2, 0.25) is 0 Å². The number of amides is 1. The van der Waals surface area contributed by atoms with Crippen LogP contribution < -0.4 is 5.32 Å². The molecule has 0 aliphatic rings. The summed E-state index contributed by atoms with van der Waals surface area (Å²) in [5.41, 5.74) is 1.66. The lowest BCUT2D eigenvalue weighted by Gasteiger charge is -2.07. The third kappa shape index (κ3) is 2.87. The minimum Gasteiger partial charge on any atom is -0.364 e. The van der Waals surface area contributed by atoms with Gasteiger partial charge in [-0.2, -0.15) is 0 Å². The first-order valence-corrected chi connectivity index (χ1v) is 8.55. The highest BCUT2D eigenvalue weighted by atomic mass is 32.1. The number of carbonyl (C=O) groups is 1. The molecule has 0 saturated carbocycles. The maximum atomic E-state index is 12.6. The van der Waals surface area contributed by atoms with E-state index in [4.69, 9.17) is 4.52 Å². The Balaban J connectivity index is 1.76. The fourth-order valence-corrected chi connectivity index (χ4v) is 3.19. The van der Waals surface area contributed by atoms with Gasteiger partial charge in [0, 0.05) is 11.8 Å². The van der Waals surface area contributed by atoms with Crippen molar-refractivity contribution in [2.75, 3.05) is 5.32 Å². The fourth-order valence-electron chi connectivity index (χ4n) is 2.42. The molecule has 0 atom stereocenters. The predicted octanol–water partition coefficient (Wildman–Crippen LogP) is 3.56. The Morgan fingerprint density at radius 1 is 1.28 bits per heavy atom. The summed E-state index contributed by atoms with van der Waals surface area (Å²) in [6.45, 7) is 1.93. The Kier molecular flexibility index (Phi) is 3.95. The molecule has 0 unspecified atom stereocenters. The first-order chi connectivity index (χ1) is 12.3. The third-order valence-corrected chi connectivity index (χ3v) is 4.50. The number of nitrogens with one attached hydrogen (secondary N) is 1. The monoisotopic (exact) mass is 351 g/mol. The number of hydrogen-bond donors (Lipinski definition) is 1. The van der Waals surface area contributed by atoms with Gasteiger partial charge in [-0.15, -0.1) is 11.3 Å². The molecule has 4 aromatic rings. The van der Waals surface area contributed by atoms with E-state index in [1.807, 2.05) is 36.6 Å². The van der Waals surface area contributed by atoms with Crippen molar-refractivity contribution in [1.29, 1.82) is 0 Å². The normalized spacial score (nSPS) is 10.9. The highest BCUT2D eigenvalue weighted by Crippen LogP contribution is 2.28. The average molecular weight is 351 g/mol. The molecule has 0 aliphatic carbocycles. The number of anilines is 1. The molecule has 1 amide bonds. The molecule has 0 aliphatic heterocycles. The Morgan fingerprint density at radius 2 is 2.20 bits per heavy atom. The van der Waals surface area contributed by atoms with Gasteiger partial charge < -0.3 is 9.84 Å². The van der Waals surface area contributed by atoms with E-state index in [0.29, 0.717) is 23.8 Å². The molecule has 8 heteroatoms. The molecular weight excluding hydrogens is 338 g/mol. The Bertz CT molecular complexity index is 1040. The van der Waals surface area contributed by atoms with Crippen molar-refractivity contribution >= 4 is 33.3 Å². The van der Waals surface area contributed by atoms with Gasteiger partial charge in [-0.3, -0.25) is 9.78 Å². The maximum absolute atomic E-state index is 12.6. The zero-order chi connectivity index (χ0) is 17.2. The van der Waals surface area contributed by atoms with Crippen LogP contribution in [0.15, 0.2) is 46.6 Å². The summed E-state index contributed by atoms with van der Waals surface area (Å²) >= 11 is 1.48. The van der Waals surface area contributed by atoms with Crippen LogP contribution >= 0.6 is 11.3 Å². The summed E-state index contributed by atoms with van der Waals surface area (Å²) in [5, 5.41) is 9.30. The van der Waals surface area contributed by atoms with Gasteiger partial charge in [0.2, 0.25) is 0 Å². The minimum absolute atomic E-state index is 0.267. The van der Waals surface area contributed by atoms with Gasteiger partial charge in [-0.25, -0.2) is 9.97 Å². The van der Waals surface area contributed by atoms with Gasteiger partial charge >= 0.3 is 0 Å². The van der Waals surface area contributed by atoms with E-state index in [9.17, 15) is 4.79 Å². The van der Waals surface area contributed by atoms with Crippen molar-refractivity contribution in [2.24, 2.45) is 0 Å². The minimum atomic E-state index is -0.358. The first kappa shape index (κ1) is 15.4. The standard InChI is InChI=1S/C17H13N5O2S/c1-2-10-9-24-22-13(10)16(23)20-14-11-6-8-25-17(11)21-15(19-14)12-5-3-4-7-18-12/h3-9H,2H2,1H3,(H,19,20,21,23). The van der Waals surface area contributed by atoms with E-state index in [-0.39, 0.29) is 11.6 Å². The number of thiophene rings is 1. The first-order valence-electron chi connectivity index (χ1n) is 7.67. The molecule has 4 rings (SSSR count). The van der Waals surface area contributed by atoms with Crippen LogP contribution in [0.1, 0.15) is 23.0 Å². The number of fused-ring (bicyclic) bond motifs is 1. The van der Waals surface area contributed by atoms with Crippen LogP contribution in [0.4, 0.5) is 5.82 Å². The molecule has 4 heterocycles. The number of aryl methyl sites for hydroxylation is 1. The van der Waals surface area contributed by atoms with Gasteiger partial charge in [-0.1, -0.05) is 18.1 Å². The van der Waals surface area contributed by atoms with Crippen LogP contribution in [0, 0.1) is 0 Å². The van der Waals surface area contributed by atoms with E-state index in [0.717, 1.165) is 15.8 Å². The highest BCUT2D eigenvalue weighted by molar-refractivity contribution is 7.16. The number of rotatable bonds is 4. The number of carbonyl (C=O) groups excluding carboxylic acids is 1. The summed E-state index contributed by atoms with van der Waals surface area (Å²) in [5.74, 6) is 0.535. The summed E-state index contributed by atoms with van der Waals surface area (Å²) < 4.78 is 4.91. The summed E-state index contributed by atoms with van der Waals surface area (Å²) in [6.07, 6.45) is 3.82. The smallest absolute Gasteiger partial charge is 0.279 e. The van der Waals surface area contributed by atoms with E-state index in [2.05, 4.69) is 25.4 Å². The summed E-state index contributed by atoms with van der Waals surface area (Å²) in [7, 11) is 0. The van der Waals surface area contributed by atoms with Crippen molar-refractivity contribution in [1.82, 2.24) is 20.1 Å². The molecule has 124 valence electrons. The molecule has 0 aromatic carbocycles. The second kappa shape index (κ2) is 6.40. The van der Waals surface area contributed by atoms with Crippen LogP contribution in [-0.4, -0.2) is 26.0 Å². The van der Waals surface area contributed by atoms with Crippen molar-refractivity contribution in [3.8, 4) is 11.5 Å². The number of hydrogen-bond acceptors (Lipinski definition) is 7. The Labute approximate surface area is 146 Å². The Hall–Kier alpha value is -3.13. The summed E-state index contributed by atoms with van der Waals surface area (Å²) in [4.78, 5) is 26.6. The molecule has 4 aromatic heterocycles. The molecule has 1 N–H and O–H groups in total. The van der Waals surface area contributed by atoms with Gasteiger partial charge in [0.25, 0.3) is 5.91 Å². The number of pyridine rings is 1. The molecule has 7 nitrogen and oxygen atoms in total. The molecular formula is C17H13N5O2S. The topological polar surface area (TPSA) is 93.8 Å². The van der Waals surface area contributed by atoms with Crippen LogP contribution in [0.25, 0.3) is 21.7 Å². The van der Waals surface area contributed by atoms with Crippen molar-refractivity contribution in [3.05, 3.63) is 53.4 Å². The zero-order valence-corrected chi connectivity index (χ0v) is 14.1. The molecule has 0 bridgehead atoms. The van der Waals surface area contributed by atoms with E-state index < -0.39 is 0 Å². The van der Waals surface area contributed by atoms with Crippen LogP contribution in [0.3, 0.4) is 0 Å². The van der Waals surface area contributed by atoms with E-state index >= 15 is 0 Å². The van der Waals surface area contributed by atoms with Crippen molar-refractivity contribution < 1.29 is 9.32 Å². The average Bonchev–Trinajstić information content (AvgIpc) is 3.31. The predicted molar refractivity (Wildman–Crippen MR) is 94.5 cm³/mol. The van der Waals surface area contributed by atoms with Crippen molar-refractivity contribution in [2.45, 2.75) is 13.3 Å². The zero-order valence-electron chi connectivity index (χ0n) is 13.3. The lowest BCUT2D eigenvalue weighted by Crippen LogP contribution is -2.15. The fraction of sp³-hybridized carbons (Fsp3) is 0.118. The van der Waals surface area contributed by atoms with Gasteiger partial charge in [0.05, 0.1) is 5.39 Å². The van der Waals surface area contributed by atoms with Gasteiger partial charge in [0.1, 0.15) is 22.6 Å². The quantitative estimate of drug-likeness (QED) is 0.604. The van der Waals surface area contributed by atoms with E-state index in [1.165, 1.54) is 17.6 Å². The number of nitrogens with zero attached hydrogens (tertiary/aromatic N) is 4. The lowest BCUT2D eigenvalue weighted by molar-refractivity contribution is 0.101. The van der Waals surface area contributed by atoms with Crippen LogP contribution in [-0.2, 0) is 6.42 Å². The second-order valence-electron chi connectivity index (χ2n) is 5.25. The summed E-state index contributed by atoms with van der Waals surface area (Å²) in [6, 6.07) is 7.40. The molecule has 0 fully saturated rings. The van der Waals surface area contributed by atoms with Gasteiger partial charge in [-0.05, 0) is 30.0 Å². The van der Waals surface area contributed by atoms with E-state index in [1.54, 1.807) is 6.20 Å². The number of aromatic nitrogens is 4. The molecule has 0 saturated heterocycles. The molecule has 0 radical (unpaired) electrons. The maximum Gasteiger partial charge on any atom is 0.279 e. The Morgan fingerprint density at radius 3 is 3.00 bits per heavy atom. The SMILES string of the molecule is CCc1conc1C(=O)Nc1nc(-c2ccccn2)nc2sccc12. The molecule has 25 heavy (non-hydrogen) atoms. The van der Waals surface area contributed by atoms with Gasteiger partial charge in [0.15, 0.2) is 11.5 Å². The largest absolute Gasteiger partial charge is 0.364 e. The molecule has 0 spiro atoms. The third-order valence-electron chi connectivity index (χ3n) is 3.69.